The third-order valence-corrected chi connectivity index (χ3v) is 6.66. The van der Waals surface area contributed by atoms with Crippen molar-refractivity contribution in [3.63, 3.8) is 0 Å². The molecule has 2 amide bonds. The van der Waals surface area contributed by atoms with Crippen LogP contribution in [-0.4, -0.2) is 47.8 Å². The Morgan fingerprint density at radius 1 is 0.786 bits per heavy atom. The predicted octanol–water partition coefficient (Wildman–Crippen LogP) is 4.56. The molecule has 0 bridgehead atoms. The van der Waals surface area contributed by atoms with E-state index in [-0.39, 0.29) is 11.8 Å². The summed E-state index contributed by atoms with van der Waals surface area (Å²) in [5, 5.41) is 0. The smallest absolute Gasteiger partial charge is 0.253 e. The minimum Gasteiger partial charge on any atom is -0.342 e. The molecule has 28 heavy (non-hydrogen) atoms. The number of rotatable bonds is 4. The van der Waals surface area contributed by atoms with E-state index >= 15 is 0 Å². The summed E-state index contributed by atoms with van der Waals surface area (Å²) in [6.45, 7) is 11.8. The molecule has 0 unspecified atom stereocenters. The number of piperidine rings is 2. The summed E-state index contributed by atoms with van der Waals surface area (Å²) in [5.41, 5.74) is 2.08. The standard InChI is InChI=1S/C24H36N2O2/c1-17(2)19-5-7-22(8-6-19)24(28)26-15-11-21(12-16-26)20-9-13-25(14-10-20)23(27)18(3)4/h5-8,17-18,20-21H,9-16H2,1-4H3. The second-order valence-corrected chi connectivity index (χ2v) is 9.22. The number of carbonyl (C=O) groups is 2. The highest BCUT2D eigenvalue weighted by Gasteiger charge is 2.32. The number of amides is 2. The van der Waals surface area contributed by atoms with Crippen LogP contribution in [0.3, 0.4) is 0 Å². The largest absolute Gasteiger partial charge is 0.342 e. The summed E-state index contributed by atoms with van der Waals surface area (Å²) in [4.78, 5) is 29.1. The Bertz CT molecular complexity index is 664. The molecule has 2 aliphatic rings. The minimum absolute atomic E-state index is 0.0976. The van der Waals surface area contributed by atoms with Gasteiger partial charge in [0.25, 0.3) is 5.91 Å². The van der Waals surface area contributed by atoms with Gasteiger partial charge in [0.05, 0.1) is 0 Å². The van der Waals surface area contributed by atoms with Crippen molar-refractivity contribution in [3.8, 4) is 0 Å². The molecule has 4 nitrogen and oxygen atoms in total. The molecule has 0 spiro atoms. The zero-order valence-electron chi connectivity index (χ0n) is 18.0. The molecule has 0 radical (unpaired) electrons. The average molecular weight is 385 g/mol. The van der Waals surface area contributed by atoms with E-state index < -0.39 is 0 Å². The predicted molar refractivity (Wildman–Crippen MR) is 113 cm³/mol. The molecule has 154 valence electrons. The van der Waals surface area contributed by atoms with Crippen molar-refractivity contribution >= 4 is 11.8 Å². The molecule has 0 aliphatic carbocycles. The maximum absolute atomic E-state index is 12.8. The molecule has 1 aromatic carbocycles. The van der Waals surface area contributed by atoms with Gasteiger partial charge in [-0.25, -0.2) is 0 Å². The number of hydrogen-bond donors (Lipinski definition) is 0. The van der Waals surface area contributed by atoms with Gasteiger partial charge in [0, 0.05) is 37.7 Å². The number of carbonyl (C=O) groups excluding carboxylic acids is 2. The van der Waals surface area contributed by atoms with Crippen molar-refractivity contribution < 1.29 is 9.59 Å². The van der Waals surface area contributed by atoms with Crippen LogP contribution in [0.25, 0.3) is 0 Å². The third-order valence-electron chi connectivity index (χ3n) is 6.66. The summed E-state index contributed by atoms with van der Waals surface area (Å²) in [7, 11) is 0. The molecule has 0 N–H and O–H groups in total. The van der Waals surface area contributed by atoms with Gasteiger partial charge >= 0.3 is 0 Å². The average Bonchev–Trinajstić information content (AvgIpc) is 2.73. The van der Waals surface area contributed by atoms with Crippen LogP contribution in [0, 0.1) is 17.8 Å². The van der Waals surface area contributed by atoms with E-state index in [1.54, 1.807) is 0 Å². The summed E-state index contributed by atoms with van der Waals surface area (Å²) in [6.07, 6.45) is 4.43. The Balaban J connectivity index is 1.48. The van der Waals surface area contributed by atoms with Crippen LogP contribution in [-0.2, 0) is 4.79 Å². The first-order valence-corrected chi connectivity index (χ1v) is 11.0. The Morgan fingerprint density at radius 3 is 1.68 bits per heavy atom. The molecule has 2 aliphatic heterocycles. The first-order valence-electron chi connectivity index (χ1n) is 11.0. The van der Waals surface area contributed by atoms with Gasteiger partial charge in [-0.3, -0.25) is 9.59 Å². The molecule has 4 heteroatoms. The highest BCUT2D eigenvalue weighted by Crippen LogP contribution is 2.33. The molecule has 0 atom stereocenters. The number of hydrogen-bond acceptors (Lipinski definition) is 2. The highest BCUT2D eigenvalue weighted by atomic mass is 16.2. The van der Waals surface area contributed by atoms with E-state index in [1.807, 2.05) is 35.8 Å². The van der Waals surface area contributed by atoms with E-state index in [0.29, 0.717) is 23.7 Å². The van der Waals surface area contributed by atoms with Crippen molar-refractivity contribution in [2.24, 2.45) is 17.8 Å². The van der Waals surface area contributed by atoms with E-state index in [2.05, 4.69) is 26.0 Å². The fourth-order valence-corrected chi connectivity index (χ4v) is 4.72. The van der Waals surface area contributed by atoms with Gasteiger partial charge in [-0.1, -0.05) is 39.8 Å². The van der Waals surface area contributed by atoms with E-state index in [1.165, 1.54) is 5.56 Å². The van der Waals surface area contributed by atoms with Gasteiger partial charge in [-0.2, -0.15) is 0 Å². The van der Waals surface area contributed by atoms with Gasteiger partial charge < -0.3 is 9.80 Å². The lowest BCUT2D eigenvalue weighted by Crippen LogP contribution is -2.44. The molecule has 2 saturated heterocycles. The summed E-state index contributed by atoms with van der Waals surface area (Å²) < 4.78 is 0. The SMILES string of the molecule is CC(C)C(=O)N1CCC(C2CCN(C(=O)c3ccc(C(C)C)cc3)CC2)CC1. The van der Waals surface area contributed by atoms with Crippen LogP contribution >= 0.6 is 0 Å². The van der Waals surface area contributed by atoms with Crippen LogP contribution in [0.4, 0.5) is 0 Å². The van der Waals surface area contributed by atoms with Crippen LogP contribution in [0.5, 0.6) is 0 Å². The quantitative estimate of drug-likeness (QED) is 0.764. The number of likely N-dealkylation sites (tertiary alicyclic amines) is 2. The van der Waals surface area contributed by atoms with Gasteiger partial charge in [0.2, 0.25) is 5.91 Å². The second kappa shape index (κ2) is 9.11. The lowest BCUT2D eigenvalue weighted by atomic mass is 9.78. The Labute approximate surface area is 170 Å². The Morgan fingerprint density at radius 2 is 1.25 bits per heavy atom. The Hall–Kier alpha value is -1.84. The van der Waals surface area contributed by atoms with E-state index in [0.717, 1.165) is 57.4 Å². The molecule has 0 aromatic heterocycles. The summed E-state index contributed by atoms with van der Waals surface area (Å²) >= 11 is 0. The zero-order valence-corrected chi connectivity index (χ0v) is 18.0. The first-order chi connectivity index (χ1) is 13.4. The van der Waals surface area contributed by atoms with Crippen LogP contribution < -0.4 is 0 Å². The zero-order chi connectivity index (χ0) is 20.3. The maximum Gasteiger partial charge on any atom is 0.253 e. The number of nitrogens with zero attached hydrogens (tertiary/aromatic N) is 2. The minimum atomic E-state index is 0.0976. The van der Waals surface area contributed by atoms with Gasteiger partial charge in [-0.05, 0) is 61.1 Å². The first kappa shape index (κ1) is 20.9. The van der Waals surface area contributed by atoms with Crippen molar-refractivity contribution in [1.29, 1.82) is 0 Å². The molecular weight excluding hydrogens is 348 g/mol. The molecule has 0 saturated carbocycles. The van der Waals surface area contributed by atoms with Crippen molar-refractivity contribution in [1.82, 2.24) is 9.80 Å². The van der Waals surface area contributed by atoms with Gasteiger partial charge in [0.1, 0.15) is 0 Å². The van der Waals surface area contributed by atoms with E-state index in [9.17, 15) is 9.59 Å². The molecular formula is C24H36N2O2. The fraction of sp³-hybridized carbons (Fsp3) is 0.667. The van der Waals surface area contributed by atoms with Crippen LogP contribution in [0.15, 0.2) is 24.3 Å². The second-order valence-electron chi connectivity index (χ2n) is 9.22. The highest BCUT2D eigenvalue weighted by molar-refractivity contribution is 5.94. The third kappa shape index (κ3) is 4.76. The topological polar surface area (TPSA) is 40.6 Å². The number of benzene rings is 1. The molecule has 3 rings (SSSR count). The van der Waals surface area contributed by atoms with Gasteiger partial charge in [0.15, 0.2) is 0 Å². The van der Waals surface area contributed by atoms with Crippen LogP contribution in [0.1, 0.15) is 75.2 Å². The summed E-state index contributed by atoms with van der Waals surface area (Å²) in [5.74, 6) is 2.46. The normalized spacial score (nSPS) is 19.5. The molecule has 2 heterocycles. The molecule has 1 aromatic rings. The van der Waals surface area contributed by atoms with E-state index in [4.69, 9.17) is 0 Å². The fourth-order valence-electron chi connectivity index (χ4n) is 4.72. The maximum atomic E-state index is 12.8. The molecule has 2 fully saturated rings. The Kier molecular flexibility index (Phi) is 6.79. The van der Waals surface area contributed by atoms with Crippen molar-refractivity contribution in [3.05, 3.63) is 35.4 Å². The van der Waals surface area contributed by atoms with Crippen LogP contribution in [0.2, 0.25) is 0 Å². The lowest BCUT2D eigenvalue weighted by Gasteiger charge is -2.40. The van der Waals surface area contributed by atoms with Gasteiger partial charge in [-0.15, -0.1) is 0 Å². The monoisotopic (exact) mass is 384 g/mol. The lowest BCUT2D eigenvalue weighted by molar-refractivity contribution is -0.136. The summed E-state index contributed by atoms with van der Waals surface area (Å²) in [6, 6.07) is 8.12. The van der Waals surface area contributed by atoms with Crippen molar-refractivity contribution in [2.45, 2.75) is 59.3 Å². The van der Waals surface area contributed by atoms with Crippen molar-refractivity contribution in [2.75, 3.05) is 26.2 Å².